The first-order valence-corrected chi connectivity index (χ1v) is 9.39. The summed E-state index contributed by atoms with van der Waals surface area (Å²) in [4.78, 5) is 22.1. The van der Waals surface area contributed by atoms with E-state index in [4.69, 9.17) is 16.4 Å². The maximum Gasteiger partial charge on any atom is 0.292 e. The molecule has 1 amide bonds. The third kappa shape index (κ3) is 6.22. The molecule has 0 saturated heterocycles. The first-order chi connectivity index (χ1) is 12.9. The number of thioether (sulfide) groups is 1. The van der Waals surface area contributed by atoms with Gasteiger partial charge in [-0.1, -0.05) is 18.0 Å². The molecule has 8 heteroatoms. The predicted molar refractivity (Wildman–Crippen MR) is 102 cm³/mol. The molecule has 1 N–H and O–H groups in total. The first-order valence-electron chi connectivity index (χ1n) is 8.13. The highest BCUT2D eigenvalue weighted by Gasteiger charge is 2.20. The van der Waals surface area contributed by atoms with Gasteiger partial charge in [0, 0.05) is 27.5 Å². The molecule has 27 heavy (non-hydrogen) atoms. The number of rotatable bonds is 5. The van der Waals surface area contributed by atoms with Crippen molar-refractivity contribution in [1.82, 2.24) is 0 Å². The minimum absolute atomic E-state index is 0.206. The molecule has 1 saturated carbocycles. The van der Waals surface area contributed by atoms with Crippen molar-refractivity contribution in [1.29, 1.82) is 0 Å². The Morgan fingerprint density at radius 2 is 1.93 bits per heavy atom. The van der Waals surface area contributed by atoms with Gasteiger partial charge in [-0.2, -0.15) is 0 Å². The van der Waals surface area contributed by atoms with Crippen LogP contribution < -0.4 is 5.32 Å². The zero-order valence-corrected chi connectivity index (χ0v) is 16.1. The van der Waals surface area contributed by atoms with Gasteiger partial charge in [-0.25, -0.2) is 8.78 Å². The van der Waals surface area contributed by atoms with Gasteiger partial charge in [-0.05, 0) is 43.2 Å². The van der Waals surface area contributed by atoms with E-state index in [9.17, 15) is 13.6 Å². The van der Waals surface area contributed by atoms with Gasteiger partial charge < -0.3 is 10.1 Å². The quantitative estimate of drug-likeness (QED) is 0.675. The van der Waals surface area contributed by atoms with Crippen LogP contribution in [-0.2, 0) is 9.53 Å². The van der Waals surface area contributed by atoms with Crippen molar-refractivity contribution in [3.63, 3.8) is 0 Å². The number of ether oxygens (including phenoxy) is 1. The fraction of sp³-hybridized carbons (Fsp3) is 0.263. The normalized spacial score (nSPS) is 13.0. The molecule has 2 aromatic rings. The summed E-state index contributed by atoms with van der Waals surface area (Å²) in [5, 5.41) is 3.73. The average Bonchev–Trinajstić information content (AvgIpc) is 2.62. The van der Waals surface area contributed by atoms with E-state index >= 15 is 0 Å². The lowest BCUT2D eigenvalue weighted by Crippen LogP contribution is -2.14. The number of benzene rings is 2. The second-order valence-electron chi connectivity index (χ2n) is 5.73. The Balaban J connectivity index is 0.000000596. The summed E-state index contributed by atoms with van der Waals surface area (Å²) in [7, 11) is 1.31. The van der Waals surface area contributed by atoms with Crippen molar-refractivity contribution in [2.75, 3.05) is 12.4 Å². The van der Waals surface area contributed by atoms with Crippen LogP contribution in [0.4, 0.5) is 14.5 Å². The second kappa shape index (κ2) is 10.3. The van der Waals surface area contributed by atoms with E-state index in [1.165, 1.54) is 19.6 Å². The van der Waals surface area contributed by atoms with Crippen LogP contribution in [-0.4, -0.2) is 24.7 Å². The fourth-order valence-corrected chi connectivity index (χ4v) is 3.74. The second-order valence-corrected chi connectivity index (χ2v) is 7.48. The number of nitrogens with one attached hydrogen (secondary N) is 1. The molecule has 0 radical (unpaired) electrons. The molecule has 1 fully saturated rings. The van der Waals surface area contributed by atoms with Crippen molar-refractivity contribution in [2.24, 2.45) is 0 Å². The average molecular weight is 414 g/mol. The fourth-order valence-electron chi connectivity index (χ4n) is 2.18. The summed E-state index contributed by atoms with van der Waals surface area (Å²) >= 11 is 7.86. The molecule has 0 atom stereocenters. The SMILES string of the molecule is COC=O.O=C(Nc1ccc(F)c(F)c1)c1ccc(Cl)c(SC2CCC2)c1. The summed E-state index contributed by atoms with van der Waals surface area (Å²) in [6, 6.07) is 8.28. The summed E-state index contributed by atoms with van der Waals surface area (Å²) in [6.45, 7) is 0.375. The van der Waals surface area contributed by atoms with Gasteiger partial charge in [0.1, 0.15) is 0 Å². The molecule has 2 aromatic carbocycles. The van der Waals surface area contributed by atoms with Crippen molar-refractivity contribution in [2.45, 2.75) is 29.4 Å². The number of hydrogen-bond acceptors (Lipinski definition) is 4. The Labute approximate surface area is 165 Å². The minimum Gasteiger partial charge on any atom is -0.471 e. The molecular weight excluding hydrogens is 396 g/mol. The van der Waals surface area contributed by atoms with E-state index in [1.807, 2.05) is 0 Å². The topological polar surface area (TPSA) is 55.4 Å². The Hall–Kier alpha value is -2.12. The largest absolute Gasteiger partial charge is 0.471 e. The summed E-state index contributed by atoms with van der Waals surface area (Å²) < 4.78 is 30.0. The lowest BCUT2D eigenvalue weighted by Gasteiger charge is -2.25. The first kappa shape index (κ1) is 21.2. The Bertz CT molecular complexity index is 816. The van der Waals surface area contributed by atoms with Gasteiger partial charge in [-0.3, -0.25) is 9.59 Å². The van der Waals surface area contributed by atoms with Gasteiger partial charge in [-0.15, -0.1) is 11.8 Å². The summed E-state index contributed by atoms with van der Waals surface area (Å²) in [5.41, 5.74) is 0.637. The van der Waals surface area contributed by atoms with E-state index in [2.05, 4.69) is 10.1 Å². The van der Waals surface area contributed by atoms with Gasteiger partial charge in [0.25, 0.3) is 12.4 Å². The highest BCUT2D eigenvalue weighted by molar-refractivity contribution is 8.00. The van der Waals surface area contributed by atoms with Crippen LogP contribution in [0.5, 0.6) is 0 Å². The van der Waals surface area contributed by atoms with Crippen LogP contribution in [0.1, 0.15) is 29.6 Å². The van der Waals surface area contributed by atoms with Crippen LogP contribution >= 0.6 is 23.4 Å². The van der Waals surface area contributed by atoms with E-state index < -0.39 is 11.6 Å². The molecule has 0 aromatic heterocycles. The van der Waals surface area contributed by atoms with E-state index in [1.54, 1.807) is 30.0 Å². The number of anilines is 1. The molecule has 1 aliphatic carbocycles. The third-order valence-corrected chi connectivity index (χ3v) is 5.65. The number of amides is 1. The van der Waals surface area contributed by atoms with Crippen LogP contribution in [0, 0.1) is 11.6 Å². The van der Waals surface area contributed by atoms with Gasteiger partial charge >= 0.3 is 0 Å². The lowest BCUT2D eigenvalue weighted by molar-refractivity contribution is -0.126. The molecule has 1 aliphatic rings. The highest BCUT2D eigenvalue weighted by Crippen LogP contribution is 2.39. The van der Waals surface area contributed by atoms with E-state index in [0.717, 1.165) is 29.9 Å². The Morgan fingerprint density at radius 3 is 2.48 bits per heavy atom. The molecule has 0 unspecified atom stereocenters. The van der Waals surface area contributed by atoms with Crippen molar-refractivity contribution >= 4 is 41.4 Å². The number of methoxy groups -OCH3 is 1. The minimum atomic E-state index is -1.000. The van der Waals surface area contributed by atoms with Crippen molar-refractivity contribution < 1.29 is 23.1 Å². The molecule has 144 valence electrons. The molecular formula is C19H18ClF2NO3S. The molecule has 0 heterocycles. The van der Waals surface area contributed by atoms with E-state index in [-0.39, 0.29) is 11.6 Å². The van der Waals surface area contributed by atoms with Crippen molar-refractivity contribution in [3.8, 4) is 0 Å². The van der Waals surface area contributed by atoms with Crippen molar-refractivity contribution in [3.05, 3.63) is 58.6 Å². The number of carbonyl (C=O) groups is 2. The smallest absolute Gasteiger partial charge is 0.292 e. The highest BCUT2D eigenvalue weighted by atomic mass is 35.5. The molecule has 4 nitrogen and oxygen atoms in total. The maximum absolute atomic E-state index is 13.2. The molecule has 3 rings (SSSR count). The van der Waals surface area contributed by atoms with E-state index in [0.29, 0.717) is 22.3 Å². The zero-order valence-electron chi connectivity index (χ0n) is 14.5. The summed E-state index contributed by atoms with van der Waals surface area (Å²) in [6.07, 6.45) is 3.55. The Kier molecular flexibility index (Phi) is 8.06. The number of hydrogen-bond donors (Lipinski definition) is 1. The predicted octanol–water partition coefficient (Wildman–Crippen LogP) is 5.30. The van der Waals surface area contributed by atoms with Crippen LogP contribution in [0.15, 0.2) is 41.3 Å². The standard InChI is InChI=1S/C17H14ClF2NOS.C2H4O2/c18-13-6-4-10(8-16(13)23-12-2-1-3-12)17(22)21-11-5-7-14(19)15(20)9-11;1-4-2-3/h4-9,12H,1-3H2,(H,21,22);2H,1H3. The van der Waals surface area contributed by atoms with Crippen LogP contribution in [0.2, 0.25) is 5.02 Å². The monoisotopic (exact) mass is 413 g/mol. The molecule has 0 aliphatic heterocycles. The van der Waals surface area contributed by atoms with Gasteiger partial charge in [0.05, 0.1) is 12.1 Å². The molecule has 0 bridgehead atoms. The van der Waals surface area contributed by atoms with Gasteiger partial charge in [0.15, 0.2) is 11.6 Å². The number of halogens is 3. The van der Waals surface area contributed by atoms with Crippen LogP contribution in [0.25, 0.3) is 0 Å². The summed E-state index contributed by atoms with van der Waals surface area (Å²) in [5.74, 6) is -2.34. The van der Waals surface area contributed by atoms with Crippen LogP contribution in [0.3, 0.4) is 0 Å². The maximum atomic E-state index is 13.2. The zero-order chi connectivity index (χ0) is 19.8. The molecule has 0 spiro atoms. The third-order valence-electron chi connectivity index (χ3n) is 3.81. The number of carbonyl (C=O) groups excluding carboxylic acids is 2. The van der Waals surface area contributed by atoms with Gasteiger partial charge in [0.2, 0.25) is 0 Å². The lowest BCUT2D eigenvalue weighted by atomic mass is 10.00. The Morgan fingerprint density at radius 1 is 1.22 bits per heavy atom.